The molecule has 0 spiro atoms. The van der Waals surface area contributed by atoms with E-state index >= 15 is 0 Å². The largest absolute Gasteiger partial charge is 0.399 e. The van der Waals surface area contributed by atoms with E-state index < -0.39 is 0 Å². The maximum absolute atomic E-state index is 5.84. The van der Waals surface area contributed by atoms with Gasteiger partial charge in [-0.15, -0.1) is 0 Å². The van der Waals surface area contributed by atoms with Crippen LogP contribution in [0, 0.1) is 0 Å². The summed E-state index contributed by atoms with van der Waals surface area (Å²) in [6, 6.07) is 5.81. The highest BCUT2D eigenvalue weighted by Gasteiger charge is 2.21. The van der Waals surface area contributed by atoms with Gasteiger partial charge in [0.1, 0.15) is 11.3 Å². The highest BCUT2D eigenvalue weighted by atomic mass is 16.5. The highest BCUT2D eigenvalue weighted by Crippen LogP contribution is 2.35. The lowest BCUT2D eigenvalue weighted by molar-refractivity contribution is 0.354. The lowest BCUT2D eigenvalue weighted by Crippen LogP contribution is -1.96. The third kappa shape index (κ3) is 2.02. The molecule has 2 N–H and O–H groups in total. The Balaban J connectivity index is 2.00. The summed E-state index contributed by atoms with van der Waals surface area (Å²) in [7, 11) is 0. The molecule has 1 aromatic carbocycles. The van der Waals surface area contributed by atoms with E-state index in [2.05, 4.69) is 5.16 Å². The van der Waals surface area contributed by atoms with Crippen LogP contribution in [0.4, 0.5) is 5.69 Å². The summed E-state index contributed by atoms with van der Waals surface area (Å²) in [6.45, 7) is 0. The summed E-state index contributed by atoms with van der Waals surface area (Å²) >= 11 is 0. The minimum absolute atomic E-state index is 0.532. The number of hydrogen-bond acceptors (Lipinski definition) is 3. The van der Waals surface area contributed by atoms with Gasteiger partial charge in [-0.1, -0.05) is 30.8 Å². The summed E-state index contributed by atoms with van der Waals surface area (Å²) in [5.74, 6) is 1.58. The van der Waals surface area contributed by atoms with Gasteiger partial charge in [0.15, 0.2) is 0 Å². The van der Waals surface area contributed by atoms with E-state index in [9.17, 15) is 0 Å². The van der Waals surface area contributed by atoms with Gasteiger partial charge in [0.2, 0.25) is 0 Å². The van der Waals surface area contributed by atoms with E-state index in [0.29, 0.717) is 5.92 Å². The van der Waals surface area contributed by atoms with Crippen molar-refractivity contribution in [1.29, 1.82) is 0 Å². The molecular formula is C14H18N2O. The molecule has 0 aliphatic heterocycles. The van der Waals surface area contributed by atoms with Crippen molar-refractivity contribution in [2.45, 2.75) is 44.4 Å². The van der Waals surface area contributed by atoms with Crippen molar-refractivity contribution in [2.75, 3.05) is 5.73 Å². The molecule has 1 saturated carbocycles. The molecule has 0 unspecified atom stereocenters. The van der Waals surface area contributed by atoms with Crippen LogP contribution in [0.25, 0.3) is 10.9 Å². The van der Waals surface area contributed by atoms with Gasteiger partial charge in [-0.05, 0) is 31.0 Å². The normalized spacial score (nSPS) is 18.4. The summed E-state index contributed by atoms with van der Waals surface area (Å²) in [6.07, 6.45) is 7.75. The standard InChI is InChI=1S/C14H18N2O/c15-11-7-8-13-12(9-11)14(17-16-13)10-5-3-1-2-4-6-10/h7-10H,1-6,15H2. The molecule has 1 aromatic heterocycles. The number of nitrogens with two attached hydrogens (primary N) is 1. The Morgan fingerprint density at radius 2 is 1.88 bits per heavy atom. The number of fused-ring (bicyclic) bond motifs is 1. The third-order valence-corrected chi connectivity index (χ3v) is 3.75. The van der Waals surface area contributed by atoms with E-state index in [1.165, 1.54) is 38.5 Å². The maximum Gasteiger partial charge on any atom is 0.147 e. The first-order valence-electron chi connectivity index (χ1n) is 6.49. The Hall–Kier alpha value is -1.51. The van der Waals surface area contributed by atoms with Crippen LogP contribution in [0.15, 0.2) is 22.7 Å². The van der Waals surface area contributed by atoms with Crippen LogP contribution in [0.2, 0.25) is 0 Å². The number of anilines is 1. The average Bonchev–Trinajstić information content (AvgIpc) is 2.58. The van der Waals surface area contributed by atoms with E-state index in [1.807, 2.05) is 18.2 Å². The van der Waals surface area contributed by atoms with Gasteiger partial charge in [-0.3, -0.25) is 0 Å². The summed E-state index contributed by atoms with van der Waals surface area (Å²) in [5.41, 5.74) is 7.56. The minimum Gasteiger partial charge on any atom is -0.399 e. The molecule has 17 heavy (non-hydrogen) atoms. The molecule has 3 rings (SSSR count). The van der Waals surface area contributed by atoms with Gasteiger partial charge in [-0.2, -0.15) is 0 Å². The van der Waals surface area contributed by atoms with Crippen molar-refractivity contribution >= 4 is 16.6 Å². The molecule has 0 atom stereocenters. The van der Waals surface area contributed by atoms with Gasteiger partial charge in [0, 0.05) is 17.0 Å². The van der Waals surface area contributed by atoms with Crippen LogP contribution in [0.5, 0.6) is 0 Å². The predicted molar refractivity (Wildman–Crippen MR) is 68.9 cm³/mol. The van der Waals surface area contributed by atoms with Crippen molar-refractivity contribution < 1.29 is 4.52 Å². The molecule has 1 heterocycles. The fourth-order valence-electron chi connectivity index (χ4n) is 2.81. The first-order chi connectivity index (χ1) is 8.34. The Kier molecular flexibility index (Phi) is 2.75. The molecular weight excluding hydrogens is 212 g/mol. The monoisotopic (exact) mass is 230 g/mol. The maximum atomic E-state index is 5.84. The lowest BCUT2D eigenvalue weighted by Gasteiger charge is -2.10. The molecule has 0 bridgehead atoms. The van der Waals surface area contributed by atoms with Gasteiger partial charge >= 0.3 is 0 Å². The second-order valence-electron chi connectivity index (χ2n) is 5.01. The first kappa shape index (κ1) is 10.6. The fraction of sp³-hybridized carbons (Fsp3) is 0.500. The second kappa shape index (κ2) is 4.40. The Bertz CT molecular complexity index is 510. The van der Waals surface area contributed by atoms with Gasteiger partial charge < -0.3 is 10.3 Å². The molecule has 0 saturated heterocycles. The molecule has 1 aliphatic rings. The van der Waals surface area contributed by atoms with Gasteiger partial charge in [0.25, 0.3) is 0 Å². The summed E-state index contributed by atoms with van der Waals surface area (Å²) in [5, 5.41) is 5.24. The SMILES string of the molecule is Nc1ccc2noc(C3CCCCCC3)c2c1. The van der Waals surface area contributed by atoms with Crippen molar-refractivity contribution in [3.8, 4) is 0 Å². The summed E-state index contributed by atoms with van der Waals surface area (Å²) in [4.78, 5) is 0. The molecule has 1 fully saturated rings. The topological polar surface area (TPSA) is 52.0 Å². The first-order valence-corrected chi connectivity index (χ1v) is 6.49. The van der Waals surface area contributed by atoms with Crippen LogP contribution in [-0.4, -0.2) is 5.16 Å². The molecule has 2 aromatic rings. The molecule has 3 nitrogen and oxygen atoms in total. The predicted octanol–water partition coefficient (Wildman–Crippen LogP) is 3.85. The smallest absolute Gasteiger partial charge is 0.147 e. The molecule has 0 amide bonds. The Labute approximate surface area is 101 Å². The van der Waals surface area contributed by atoms with Crippen LogP contribution in [-0.2, 0) is 0 Å². The lowest BCUT2D eigenvalue weighted by atomic mass is 9.95. The third-order valence-electron chi connectivity index (χ3n) is 3.75. The molecule has 1 aliphatic carbocycles. The van der Waals surface area contributed by atoms with Crippen LogP contribution in [0.1, 0.15) is 50.2 Å². The number of nitrogen functional groups attached to an aromatic ring is 1. The van der Waals surface area contributed by atoms with E-state index in [1.54, 1.807) is 0 Å². The number of nitrogens with zero attached hydrogens (tertiary/aromatic N) is 1. The summed E-state index contributed by atoms with van der Waals surface area (Å²) < 4.78 is 5.56. The van der Waals surface area contributed by atoms with E-state index in [0.717, 1.165) is 22.4 Å². The van der Waals surface area contributed by atoms with Crippen LogP contribution < -0.4 is 5.73 Å². The number of aromatic nitrogens is 1. The zero-order valence-electron chi connectivity index (χ0n) is 9.98. The van der Waals surface area contributed by atoms with Crippen molar-refractivity contribution in [3.05, 3.63) is 24.0 Å². The van der Waals surface area contributed by atoms with Crippen LogP contribution in [0.3, 0.4) is 0 Å². The zero-order chi connectivity index (χ0) is 11.7. The Morgan fingerprint density at radius 1 is 1.12 bits per heavy atom. The number of hydrogen-bond donors (Lipinski definition) is 1. The van der Waals surface area contributed by atoms with Crippen LogP contribution >= 0.6 is 0 Å². The minimum atomic E-state index is 0.532. The Morgan fingerprint density at radius 3 is 2.65 bits per heavy atom. The quantitative estimate of drug-likeness (QED) is 0.598. The van der Waals surface area contributed by atoms with E-state index in [-0.39, 0.29) is 0 Å². The average molecular weight is 230 g/mol. The zero-order valence-corrected chi connectivity index (χ0v) is 9.98. The van der Waals surface area contributed by atoms with Crippen molar-refractivity contribution in [3.63, 3.8) is 0 Å². The number of benzene rings is 1. The number of rotatable bonds is 1. The molecule has 0 radical (unpaired) electrons. The van der Waals surface area contributed by atoms with Gasteiger partial charge in [0.05, 0.1) is 0 Å². The highest BCUT2D eigenvalue weighted by molar-refractivity contribution is 5.84. The fourth-order valence-corrected chi connectivity index (χ4v) is 2.81. The van der Waals surface area contributed by atoms with Crippen molar-refractivity contribution in [2.24, 2.45) is 0 Å². The van der Waals surface area contributed by atoms with E-state index in [4.69, 9.17) is 10.3 Å². The second-order valence-corrected chi connectivity index (χ2v) is 5.01. The van der Waals surface area contributed by atoms with Crippen molar-refractivity contribution in [1.82, 2.24) is 5.16 Å². The molecule has 90 valence electrons. The van der Waals surface area contributed by atoms with Gasteiger partial charge in [-0.25, -0.2) is 0 Å². The molecule has 3 heteroatoms.